The summed E-state index contributed by atoms with van der Waals surface area (Å²) in [4.78, 5) is 13.7. The van der Waals surface area contributed by atoms with E-state index in [9.17, 15) is 4.79 Å². The number of benzene rings is 1. The average molecular weight is 271 g/mol. The lowest BCUT2D eigenvalue weighted by atomic mass is 9.89. The molecule has 3 nitrogen and oxygen atoms in total. The molecule has 3 aliphatic rings. The van der Waals surface area contributed by atoms with Gasteiger partial charge in [-0.25, -0.2) is 0 Å². The van der Waals surface area contributed by atoms with Crippen molar-refractivity contribution in [2.45, 2.75) is 57.2 Å². The first-order valence-electron chi connectivity index (χ1n) is 7.78. The van der Waals surface area contributed by atoms with E-state index < -0.39 is 5.97 Å². The first-order chi connectivity index (χ1) is 9.70. The molecule has 1 aromatic carbocycles. The first-order valence-corrected chi connectivity index (χ1v) is 7.78. The summed E-state index contributed by atoms with van der Waals surface area (Å²) < 4.78 is 0. The van der Waals surface area contributed by atoms with Gasteiger partial charge in [-0.3, -0.25) is 9.69 Å². The Morgan fingerprint density at radius 1 is 1.20 bits per heavy atom. The van der Waals surface area contributed by atoms with Crippen molar-refractivity contribution in [1.82, 2.24) is 4.90 Å². The molecular weight excluding hydrogens is 250 g/mol. The number of nitrogens with zero attached hydrogens (tertiary/aromatic N) is 1. The second kappa shape index (κ2) is 4.59. The normalized spacial score (nSPS) is 23.6. The van der Waals surface area contributed by atoms with Gasteiger partial charge in [-0.1, -0.05) is 18.2 Å². The van der Waals surface area contributed by atoms with Crippen LogP contribution in [0.25, 0.3) is 0 Å². The Kier molecular flexibility index (Phi) is 2.84. The number of hydrogen-bond donors (Lipinski definition) is 1. The van der Waals surface area contributed by atoms with Gasteiger partial charge in [0.2, 0.25) is 0 Å². The van der Waals surface area contributed by atoms with Gasteiger partial charge in [-0.05, 0) is 54.2 Å². The van der Waals surface area contributed by atoms with Crippen molar-refractivity contribution < 1.29 is 9.90 Å². The van der Waals surface area contributed by atoms with Crippen molar-refractivity contribution in [2.75, 3.05) is 0 Å². The molecule has 2 fully saturated rings. The van der Waals surface area contributed by atoms with E-state index in [1.54, 1.807) is 0 Å². The number of fused-ring (bicyclic) bond motifs is 1. The van der Waals surface area contributed by atoms with Gasteiger partial charge in [0.05, 0.1) is 6.42 Å². The molecule has 0 spiro atoms. The Labute approximate surface area is 119 Å². The summed E-state index contributed by atoms with van der Waals surface area (Å²) in [6, 6.07) is 7.53. The topological polar surface area (TPSA) is 40.5 Å². The van der Waals surface area contributed by atoms with Crippen LogP contribution in [0, 0.1) is 5.92 Å². The van der Waals surface area contributed by atoms with Crippen LogP contribution >= 0.6 is 0 Å². The predicted octanol–water partition coefficient (Wildman–Crippen LogP) is 3.13. The van der Waals surface area contributed by atoms with Crippen molar-refractivity contribution in [1.29, 1.82) is 0 Å². The van der Waals surface area contributed by atoms with Gasteiger partial charge >= 0.3 is 5.97 Å². The zero-order valence-corrected chi connectivity index (χ0v) is 11.7. The minimum absolute atomic E-state index is 0.229. The maximum atomic E-state index is 11.1. The SMILES string of the molecule is O=C(O)CC(c1ccc2c(c1)CN(C1CC1)C2)C1CC1. The van der Waals surface area contributed by atoms with E-state index in [1.165, 1.54) is 42.4 Å². The van der Waals surface area contributed by atoms with Crippen LogP contribution in [-0.4, -0.2) is 22.0 Å². The fourth-order valence-electron chi connectivity index (χ4n) is 3.61. The maximum Gasteiger partial charge on any atom is 0.303 e. The summed E-state index contributed by atoms with van der Waals surface area (Å²) in [5.74, 6) is 0.167. The molecule has 1 atom stereocenters. The van der Waals surface area contributed by atoms with Crippen LogP contribution in [0.1, 0.15) is 54.7 Å². The second-order valence-corrected chi connectivity index (χ2v) is 6.71. The fraction of sp³-hybridized carbons (Fsp3) is 0.588. The summed E-state index contributed by atoms with van der Waals surface area (Å²) >= 11 is 0. The van der Waals surface area contributed by atoms with Crippen molar-refractivity contribution in [3.63, 3.8) is 0 Å². The molecule has 20 heavy (non-hydrogen) atoms. The zero-order chi connectivity index (χ0) is 13.7. The monoisotopic (exact) mass is 271 g/mol. The Bertz CT molecular complexity index is 546. The molecule has 4 rings (SSSR count). The van der Waals surface area contributed by atoms with Gasteiger partial charge in [0.25, 0.3) is 0 Å². The predicted molar refractivity (Wildman–Crippen MR) is 76.4 cm³/mol. The molecule has 1 aliphatic heterocycles. The van der Waals surface area contributed by atoms with E-state index in [4.69, 9.17) is 5.11 Å². The quantitative estimate of drug-likeness (QED) is 0.894. The number of carbonyl (C=O) groups is 1. The highest BCUT2D eigenvalue weighted by molar-refractivity contribution is 5.68. The molecule has 0 radical (unpaired) electrons. The minimum Gasteiger partial charge on any atom is -0.481 e. The largest absolute Gasteiger partial charge is 0.481 e. The summed E-state index contributed by atoms with van der Waals surface area (Å²) in [5.41, 5.74) is 4.14. The molecule has 2 saturated carbocycles. The lowest BCUT2D eigenvalue weighted by molar-refractivity contribution is -0.137. The molecule has 1 unspecified atom stereocenters. The van der Waals surface area contributed by atoms with Gasteiger partial charge in [-0.2, -0.15) is 0 Å². The van der Waals surface area contributed by atoms with Gasteiger partial charge in [0.1, 0.15) is 0 Å². The molecule has 1 aromatic rings. The third-order valence-electron chi connectivity index (χ3n) is 5.05. The molecule has 1 heterocycles. The molecule has 0 aromatic heterocycles. The summed E-state index contributed by atoms with van der Waals surface area (Å²) in [6.45, 7) is 2.16. The second-order valence-electron chi connectivity index (χ2n) is 6.71. The van der Waals surface area contributed by atoms with E-state index in [-0.39, 0.29) is 12.3 Å². The van der Waals surface area contributed by atoms with Crippen LogP contribution in [0.4, 0.5) is 0 Å². The standard InChI is InChI=1S/C17H21NO2/c19-17(20)8-16(11-1-2-11)12-3-4-13-9-18(15-5-6-15)10-14(13)7-12/h3-4,7,11,15-16H,1-2,5-6,8-10H2,(H,19,20). The highest BCUT2D eigenvalue weighted by atomic mass is 16.4. The van der Waals surface area contributed by atoms with Crippen LogP contribution in [0.15, 0.2) is 18.2 Å². The minimum atomic E-state index is -0.665. The van der Waals surface area contributed by atoms with Crippen molar-refractivity contribution in [2.24, 2.45) is 5.92 Å². The lowest BCUT2D eigenvalue weighted by Gasteiger charge is -2.15. The van der Waals surface area contributed by atoms with Gasteiger partial charge in [-0.15, -0.1) is 0 Å². The molecule has 1 N–H and O–H groups in total. The Morgan fingerprint density at radius 2 is 1.95 bits per heavy atom. The van der Waals surface area contributed by atoms with Crippen molar-refractivity contribution in [3.05, 3.63) is 34.9 Å². The Balaban J connectivity index is 1.57. The lowest BCUT2D eigenvalue weighted by Crippen LogP contribution is -2.18. The third-order valence-corrected chi connectivity index (χ3v) is 5.05. The maximum absolute atomic E-state index is 11.1. The van der Waals surface area contributed by atoms with Crippen molar-refractivity contribution >= 4 is 5.97 Å². The summed E-state index contributed by atoms with van der Waals surface area (Å²) in [5, 5.41) is 9.13. The van der Waals surface area contributed by atoms with E-state index >= 15 is 0 Å². The van der Waals surface area contributed by atoms with E-state index in [1.807, 2.05) is 0 Å². The number of hydrogen-bond acceptors (Lipinski definition) is 2. The van der Waals surface area contributed by atoms with Crippen molar-refractivity contribution in [3.8, 4) is 0 Å². The molecule has 3 heteroatoms. The van der Waals surface area contributed by atoms with Gasteiger partial charge in [0.15, 0.2) is 0 Å². The van der Waals surface area contributed by atoms with Crippen LogP contribution in [0.5, 0.6) is 0 Å². The smallest absolute Gasteiger partial charge is 0.303 e. The summed E-state index contributed by atoms with van der Waals surface area (Å²) in [7, 11) is 0. The number of carboxylic acids is 1. The molecule has 106 valence electrons. The molecule has 2 aliphatic carbocycles. The summed E-state index contributed by atoms with van der Waals surface area (Å²) in [6.07, 6.45) is 5.39. The van der Waals surface area contributed by atoms with Crippen LogP contribution in [0.3, 0.4) is 0 Å². The van der Waals surface area contributed by atoms with Crippen LogP contribution in [-0.2, 0) is 17.9 Å². The van der Waals surface area contributed by atoms with E-state index in [0.29, 0.717) is 5.92 Å². The Hall–Kier alpha value is -1.35. The highest BCUT2D eigenvalue weighted by Gasteiger charge is 2.36. The zero-order valence-electron chi connectivity index (χ0n) is 11.7. The number of aliphatic carboxylic acids is 1. The van der Waals surface area contributed by atoms with Gasteiger partial charge < -0.3 is 5.11 Å². The number of rotatable bonds is 5. The van der Waals surface area contributed by atoms with Crippen LogP contribution < -0.4 is 0 Å². The van der Waals surface area contributed by atoms with E-state index in [2.05, 4.69) is 23.1 Å². The van der Waals surface area contributed by atoms with Gasteiger partial charge in [0, 0.05) is 19.1 Å². The molecule has 0 amide bonds. The fourth-order valence-corrected chi connectivity index (χ4v) is 3.61. The third kappa shape index (κ3) is 2.35. The molecule has 0 saturated heterocycles. The Morgan fingerprint density at radius 3 is 2.60 bits per heavy atom. The molecule has 0 bridgehead atoms. The van der Waals surface area contributed by atoms with E-state index in [0.717, 1.165) is 19.1 Å². The van der Waals surface area contributed by atoms with Crippen LogP contribution in [0.2, 0.25) is 0 Å². The first kappa shape index (κ1) is 12.4. The average Bonchev–Trinajstić information content (AvgIpc) is 3.31. The number of carboxylic acid groups (broad SMARTS) is 1. The molecular formula is C17H21NO2. The highest BCUT2D eigenvalue weighted by Crippen LogP contribution is 2.45.